The molecular weight excluding hydrogens is 336 g/mol. The summed E-state index contributed by atoms with van der Waals surface area (Å²) in [5.41, 5.74) is 3.25. The van der Waals surface area contributed by atoms with Crippen LogP contribution in [0.3, 0.4) is 0 Å². The quantitative estimate of drug-likeness (QED) is 0.912. The lowest BCUT2D eigenvalue weighted by molar-refractivity contribution is -0.128. The molecule has 1 fully saturated rings. The molecule has 1 atom stereocenters. The number of anilines is 1. The summed E-state index contributed by atoms with van der Waals surface area (Å²) < 4.78 is 1.74. The van der Waals surface area contributed by atoms with Crippen LogP contribution in [0, 0.1) is 5.92 Å². The lowest BCUT2D eigenvalue weighted by atomic mass is 10.1. The van der Waals surface area contributed by atoms with Gasteiger partial charge in [0.2, 0.25) is 11.8 Å². The molecule has 4 rings (SSSR count). The molecule has 2 aliphatic heterocycles. The Morgan fingerprint density at radius 3 is 2.92 bits per heavy atom. The summed E-state index contributed by atoms with van der Waals surface area (Å²) in [7, 11) is 1.85. The van der Waals surface area contributed by atoms with Crippen LogP contribution in [0.1, 0.15) is 23.2 Å². The monoisotopic (exact) mass is 356 g/mol. The fraction of sp³-hybridized carbons (Fsp3) is 0.389. The fourth-order valence-electron chi connectivity index (χ4n) is 3.42. The first kappa shape index (κ1) is 16.2. The fourth-order valence-corrected chi connectivity index (χ4v) is 4.46. The highest BCUT2D eigenvalue weighted by molar-refractivity contribution is 7.98. The van der Waals surface area contributed by atoms with Crippen LogP contribution in [0.5, 0.6) is 0 Å². The Bertz CT molecular complexity index is 818. The number of amides is 2. The number of nitrogens with zero attached hydrogens (tertiary/aromatic N) is 3. The van der Waals surface area contributed by atoms with E-state index in [1.54, 1.807) is 21.3 Å². The van der Waals surface area contributed by atoms with Gasteiger partial charge in [-0.3, -0.25) is 14.3 Å². The van der Waals surface area contributed by atoms with Crippen molar-refractivity contribution >= 4 is 29.4 Å². The van der Waals surface area contributed by atoms with E-state index in [4.69, 9.17) is 0 Å². The SMILES string of the molecule is Cn1nc2c(c1NC(=O)C1CC(=O)N(Cc3ccccc3)C1)CSC2. The summed E-state index contributed by atoms with van der Waals surface area (Å²) in [6.45, 7) is 1.02. The molecular formula is C18H20N4O2S. The van der Waals surface area contributed by atoms with Crippen molar-refractivity contribution in [1.29, 1.82) is 0 Å². The highest BCUT2D eigenvalue weighted by Gasteiger charge is 2.35. The molecule has 2 aromatic rings. The number of likely N-dealkylation sites (tertiary alicyclic amines) is 1. The number of fused-ring (bicyclic) bond motifs is 1. The average molecular weight is 356 g/mol. The van der Waals surface area contributed by atoms with E-state index in [-0.39, 0.29) is 24.2 Å². The van der Waals surface area contributed by atoms with E-state index < -0.39 is 0 Å². The number of aryl methyl sites for hydroxylation is 1. The molecule has 6 nitrogen and oxygen atoms in total. The van der Waals surface area contributed by atoms with E-state index in [0.717, 1.165) is 34.1 Å². The van der Waals surface area contributed by atoms with Crippen molar-refractivity contribution in [3.63, 3.8) is 0 Å². The maximum atomic E-state index is 12.7. The predicted molar refractivity (Wildman–Crippen MR) is 96.8 cm³/mol. The van der Waals surface area contributed by atoms with E-state index in [1.807, 2.05) is 37.4 Å². The molecule has 0 radical (unpaired) electrons. The first-order valence-electron chi connectivity index (χ1n) is 8.37. The minimum absolute atomic E-state index is 0.0368. The number of benzene rings is 1. The van der Waals surface area contributed by atoms with Gasteiger partial charge in [0.1, 0.15) is 5.82 Å². The summed E-state index contributed by atoms with van der Waals surface area (Å²) in [5.74, 6) is 2.19. The largest absolute Gasteiger partial charge is 0.338 e. The van der Waals surface area contributed by atoms with Crippen LogP contribution < -0.4 is 5.32 Å². The predicted octanol–water partition coefficient (Wildman–Crippen LogP) is 2.15. The van der Waals surface area contributed by atoms with Crippen molar-refractivity contribution < 1.29 is 9.59 Å². The third-order valence-corrected chi connectivity index (χ3v) is 5.73. The van der Waals surface area contributed by atoms with E-state index in [1.165, 1.54) is 0 Å². The van der Waals surface area contributed by atoms with Gasteiger partial charge < -0.3 is 10.2 Å². The van der Waals surface area contributed by atoms with Crippen LogP contribution >= 0.6 is 11.8 Å². The molecule has 1 unspecified atom stereocenters. The molecule has 0 saturated carbocycles. The Kier molecular flexibility index (Phi) is 4.25. The minimum Gasteiger partial charge on any atom is -0.338 e. The second-order valence-corrected chi connectivity index (χ2v) is 7.53. The van der Waals surface area contributed by atoms with Crippen LogP contribution in [0.25, 0.3) is 0 Å². The second kappa shape index (κ2) is 6.55. The first-order chi connectivity index (χ1) is 12.1. The smallest absolute Gasteiger partial charge is 0.230 e. The minimum atomic E-state index is -0.309. The third kappa shape index (κ3) is 3.16. The maximum absolute atomic E-state index is 12.7. The zero-order chi connectivity index (χ0) is 17.4. The van der Waals surface area contributed by atoms with E-state index in [0.29, 0.717) is 13.1 Å². The molecule has 0 aliphatic carbocycles. The van der Waals surface area contributed by atoms with Gasteiger partial charge in [-0.25, -0.2) is 0 Å². The van der Waals surface area contributed by atoms with Gasteiger partial charge in [-0.2, -0.15) is 16.9 Å². The Hall–Kier alpha value is -2.28. The molecule has 25 heavy (non-hydrogen) atoms. The van der Waals surface area contributed by atoms with Gasteiger partial charge in [0.15, 0.2) is 0 Å². The van der Waals surface area contributed by atoms with Gasteiger partial charge in [0.05, 0.1) is 11.6 Å². The number of carbonyl (C=O) groups excluding carboxylic acids is 2. The number of carbonyl (C=O) groups is 2. The van der Waals surface area contributed by atoms with Crippen LogP contribution in [0.4, 0.5) is 5.82 Å². The Balaban J connectivity index is 1.43. The summed E-state index contributed by atoms with van der Waals surface area (Å²) in [4.78, 5) is 26.7. The van der Waals surface area contributed by atoms with Crippen molar-refractivity contribution in [3.05, 3.63) is 47.2 Å². The van der Waals surface area contributed by atoms with Crippen molar-refractivity contribution in [2.24, 2.45) is 13.0 Å². The normalized spacial score (nSPS) is 19.3. The second-order valence-electron chi connectivity index (χ2n) is 6.54. The molecule has 3 heterocycles. The van der Waals surface area contributed by atoms with Crippen LogP contribution in [-0.4, -0.2) is 33.0 Å². The molecule has 2 aliphatic rings. The number of hydrogen-bond acceptors (Lipinski definition) is 4. The van der Waals surface area contributed by atoms with Crippen LogP contribution in [0.15, 0.2) is 30.3 Å². The van der Waals surface area contributed by atoms with Gasteiger partial charge in [-0.05, 0) is 5.56 Å². The number of aromatic nitrogens is 2. The summed E-state index contributed by atoms with van der Waals surface area (Å²) in [5, 5.41) is 7.47. The molecule has 0 spiro atoms. The van der Waals surface area contributed by atoms with Crippen LogP contribution in [0.2, 0.25) is 0 Å². The molecule has 0 bridgehead atoms. The van der Waals surface area contributed by atoms with Crippen LogP contribution in [-0.2, 0) is 34.7 Å². The lowest BCUT2D eigenvalue weighted by Gasteiger charge is -2.17. The van der Waals surface area contributed by atoms with Gasteiger partial charge in [-0.1, -0.05) is 30.3 Å². The Labute approximate surface area is 150 Å². The molecule has 1 aromatic heterocycles. The molecule has 130 valence electrons. The lowest BCUT2D eigenvalue weighted by Crippen LogP contribution is -2.28. The molecule has 2 amide bonds. The topological polar surface area (TPSA) is 67.2 Å². The van der Waals surface area contributed by atoms with E-state index in [2.05, 4.69) is 10.4 Å². The number of nitrogens with one attached hydrogen (secondary N) is 1. The summed E-state index contributed by atoms with van der Waals surface area (Å²) in [6, 6.07) is 9.87. The van der Waals surface area contributed by atoms with Gasteiger partial charge in [0.25, 0.3) is 0 Å². The van der Waals surface area contributed by atoms with Crippen molar-refractivity contribution in [3.8, 4) is 0 Å². The van der Waals surface area contributed by atoms with Gasteiger partial charge in [-0.15, -0.1) is 0 Å². The summed E-state index contributed by atoms with van der Waals surface area (Å²) >= 11 is 1.80. The standard InChI is InChI=1S/C18H20N4O2S/c1-21-17(14-10-25-11-15(14)20-21)19-18(24)13-7-16(23)22(9-13)8-12-5-3-2-4-6-12/h2-6,13H,7-11H2,1H3,(H,19,24). The number of rotatable bonds is 4. The first-order valence-corrected chi connectivity index (χ1v) is 9.52. The van der Waals surface area contributed by atoms with E-state index in [9.17, 15) is 9.59 Å². The third-order valence-electron chi connectivity index (χ3n) is 4.76. The zero-order valence-corrected chi connectivity index (χ0v) is 14.9. The van der Waals surface area contributed by atoms with Gasteiger partial charge in [0, 0.05) is 43.6 Å². The molecule has 1 saturated heterocycles. The highest BCUT2D eigenvalue weighted by atomic mass is 32.2. The Morgan fingerprint density at radius 2 is 2.12 bits per heavy atom. The maximum Gasteiger partial charge on any atom is 0.230 e. The Morgan fingerprint density at radius 1 is 1.32 bits per heavy atom. The average Bonchev–Trinajstić information content (AvgIpc) is 3.27. The number of thioether (sulfide) groups is 1. The van der Waals surface area contributed by atoms with Gasteiger partial charge >= 0.3 is 0 Å². The molecule has 1 N–H and O–H groups in total. The summed E-state index contributed by atoms with van der Waals surface area (Å²) in [6.07, 6.45) is 0.271. The number of hydrogen-bond donors (Lipinski definition) is 1. The molecule has 7 heteroatoms. The van der Waals surface area contributed by atoms with E-state index >= 15 is 0 Å². The molecule has 1 aromatic carbocycles. The van der Waals surface area contributed by atoms with Crippen molar-refractivity contribution in [2.75, 3.05) is 11.9 Å². The highest BCUT2D eigenvalue weighted by Crippen LogP contribution is 2.34. The van der Waals surface area contributed by atoms with Crippen molar-refractivity contribution in [1.82, 2.24) is 14.7 Å². The zero-order valence-electron chi connectivity index (χ0n) is 14.1. The van der Waals surface area contributed by atoms with Crippen molar-refractivity contribution in [2.45, 2.75) is 24.5 Å².